The molecule has 13 rings (SSSR count). The zero-order valence-corrected chi connectivity index (χ0v) is 36.0. The fourth-order valence-electron chi connectivity index (χ4n) is 9.58. The van der Waals surface area contributed by atoms with E-state index in [1.54, 1.807) is 0 Å². The Labute approximate surface area is 377 Å². The van der Waals surface area contributed by atoms with Crippen molar-refractivity contribution in [1.29, 1.82) is 0 Å². The van der Waals surface area contributed by atoms with E-state index in [9.17, 15) is 0 Å². The molecule has 9 aromatic carbocycles. The number of rotatable bonds is 6. The average Bonchev–Trinajstić information content (AvgIpc) is 3.93. The number of pyridine rings is 1. The molecule has 0 unspecified atom stereocenters. The summed E-state index contributed by atoms with van der Waals surface area (Å²) in [6, 6.07) is 72.5. The Kier molecular flexibility index (Phi) is 8.58. The van der Waals surface area contributed by atoms with Crippen LogP contribution in [0.25, 0.3) is 129 Å². The number of hydrogen-bond donors (Lipinski definition) is 0. The van der Waals surface area contributed by atoms with Gasteiger partial charge in [0.05, 0.1) is 11.4 Å². The van der Waals surface area contributed by atoms with Crippen LogP contribution in [0.15, 0.2) is 213 Å². The van der Waals surface area contributed by atoms with Crippen molar-refractivity contribution in [2.45, 2.75) is 0 Å². The van der Waals surface area contributed by atoms with Crippen LogP contribution in [0.1, 0.15) is 0 Å². The summed E-state index contributed by atoms with van der Waals surface area (Å²) in [7, 11) is 0. The quantitative estimate of drug-likeness (QED) is 0.156. The molecule has 0 bridgehead atoms. The third-order valence-corrected chi connectivity index (χ3v) is 14.9. The molecule has 0 saturated heterocycles. The second-order valence-electron chi connectivity index (χ2n) is 16.3. The molecule has 13 aromatic rings. The molecule has 0 amide bonds. The van der Waals surface area contributed by atoms with Crippen molar-refractivity contribution in [2.75, 3.05) is 0 Å². The van der Waals surface area contributed by atoms with Crippen molar-refractivity contribution in [3.8, 4) is 67.3 Å². The molecule has 298 valence electrons. The van der Waals surface area contributed by atoms with Crippen molar-refractivity contribution in [1.82, 2.24) is 15.0 Å². The summed E-state index contributed by atoms with van der Waals surface area (Å²) >= 11 is 3.70. The lowest BCUT2D eigenvalue weighted by Crippen LogP contribution is -1.99. The molecule has 0 N–H and O–H groups in total. The first kappa shape index (κ1) is 36.8. The molecule has 0 spiro atoms. The van der Waals surface area contributed by atoms with Crippen molar-refractivity contribution in [3.05, 3.63) is 213 Å². The lowest BCUT2D eigenvalue weighted by Gasteiger charge is -2.18. The first-order valence-electron chi connectivity index (χ1n) is 21.5. The highest BCUT2D eigenvalue weighted by Gasteiger charge is 2.21. The third kappa shape index (κ3) is 6.12. The summed E-state index contributed by atoms with van der Waals surface area (Å²) in [6.45, 7) is 0. The minimum Gasteiger partial charge on any atom is -0.265 e. The van der Waals surface area contributed by atoms with Gasteiger partial charge in [0.15, 0.2) is 5.82 Å². The lowest BCUT2D eigenvalue weighted by atomic mass is 9.88. The number of benzene rings is 9. The van der Waals surface area contributed by atoms with Gasteiger partial charge < -0.3 is 0 Å². The predicted octanol–water partition coefficient (Wildman–Crippen LogP) is 16.9. The first-order chi connectivity index (χ1) is 31.7. The highest BCUT2D eigenvalue weighted by Crippen LogP contribution is 2.45. The summed E-state index contributed by atoms with van der Waals surface area (Å²) in [6.07, 6.45) is 3.74. The molecule has 0 saturated carbocycles. The minimum absolute atomic E-state index is 0.689. The van der Waals surface area contributed by atoms with Crippen LogP contribution in [0.4, 0.5) is 0 Å². The van der Waals surface area contributed by atoms with E-state index < -0.39 is 0 Å². The summed E-state index contributed by atoms with van der Waals surface area (Å²) in [5.74, 6) is 0.689. The van der Waals surface area contributed by atoms with E-state index in [-0.39, 0.29) is 0 Å². The zero-order valence-electron chi connectivity index (χ0n) is 34.4. The molecule has 0 atom stereocenters. The molecule has 4 heterocycles. The van der Waals surface area contributed by atoms with Gasteiger partial charge in [-0.25, -0.2) is 9.97 Å². The van der Waals surface area contributed by atoms with Crippen LogP contribution >= 0.6 is 22.7 Å². The van der Waals surface area contributed by atoms with Crippen LogP contribution in [0.2, 0.25) is 0 Å². The Bertz CT molecular complexity index is 3770. The summed E-state index contributed by atoms with van der Waals surface area (Å²) in [5.41, 5.74) is 11.7. The molecule has 0 aliphatic rings. The Morgan fingerprint density at radius 1 is 0.266 bits per heavy atom. The lowest BCUT2D eigenvalue weighted by molar-refractivity contribution is 1.19. The van der Waals surface area contributed by atoms with Gasteiger partial charge in [-0.15, -0.1) is 22.7 Å². The van der Waals surface area contributed by atoms with Crippen LogP contribution in [0.5, 0.6) is 0 Å². The van der Waals surface area contributed by atoms with Gasteiger partial charge in [-0.05, 0) is 128 Å². The summed E-state index contributed by atoms with van der Waals surface area (Å²) < 4.78 is 5.18. The van der Waals surface area contributed by atoms with Crippen molar-refractivity contribution in [2.24, 2.45) is 0 Å². The van der Waals surface area contributed by atoms with Crippen molar-refractivity contribution >= 4 is 84.6 Å². The third-order valence-electron chi connectivity index (χ3n) is 12.6. The van der Waals surface area contributed by atoms with Gasteiger partial charge in [-0.3, -0.25) is 4.98 Å². The average molecular weight is 850 g/mol. The van der Waals surface area contributed by atoms with Crippen LogP contribution in [0.3, 0.4) is 0 Å². The molecule has 0 radical (unpaired) electrons. The van der Waals surface area contributed by atoms with Crippen molar-refractivity contribution < 1.29 is 0 Å². The topological polar surface area (TPSA) is 38.7 Å². The van der Waals surface area contributed by atoms with Gasteiger partial charge in [0.25, 0.3) is 0 Å². The predicted molar refractivity (Wildman–Crippen MR) is 273 cm³/mol. The van der Waals surface area contributed by atoms with Crippen LogP contribution < -0.4 is 0 Å². The molecule has 0 aliphatic heterocycles. The molecule has 4 aromatic heterocycles. The SMILES string of the molecule is c1ccc(-c2cc(-c3cc(-c4ccc5sc6ccccc6c5c4)cc(-c4ccc5sc6ccccc6c5c4)c3)nc(-c3c4ccccc4c(-c4ccncc4)c4ccccc34)n2)cc1. The van der Waals surface area contributed by atoms with E-state index in [0.29, 0.717) is 5.82 Å². The Balaban J connectivity index is 1.08. The monoisotopic (exact) mass is 849 g/mol. The minimum atomic E-state index is 0.689. The molecule has 0 aliphatic carbocycles. The molecular formula is C59H35N3S2. The standard InChI is InChI=1S/C59H35N3S2/c1-2-12-36(13-3-1)51-35-52(62-59(61-51)58-47-18-6-4-16-45(47)57(37-26-28-60-29-27-37)46-17-5-7-19-48(46)58)42-31-40(38-22-24-55-49(33-38)43-14-8-10-20-53(43)63-55)30-41(32-42)39-23-25-56-50(34-39)44-15-9-11-21-54(44)64-56/h1-35H. The van der Waals surface area contributed by atoms with E-state index in [1.807, 2.05) is 35.1 Å². The molecule has 5 heteroatoms. The first-order valence-corrected chi connectivity index (χ1v) is 23.1. The fourth-order valence-corrected chi connectivity index (χ4v) is 11.8. The number of hydrogen-bond acceptors (Lipinski definition) is 5. The van der Waals surface area contributed by atoms with Gasteiger partial charge in [0, 0.05) is 69.4 Å². The van der Waals surface area contributed by atoms with Crippen LogP contribution in [-0.4, -0.2) is 15.0 Å². The molecular weight excluding hydrogens is 815 g/mol. The smallest absolute Gasteiger partial charge is 0.161 e. The fraction of sp³-hybridized carbons (Fsp3) is 0. The maximum absolute atomic E-state index is 5.62. The highest BCUT2D eigenvalue weighted by atomic mass is 32.1. The van der Waals surface area contributed by atoms with Crippen LogP contribution in [0, 0.1) is 0 Å². The molecule has 0 fully saturated rings. The Hall–Kier alpha value is -7.83. The number of thiophene rings is 2. The summed E-state index contributed by atoms with van der Waals surface area (Å²) in [4.78, 5) is 15.4. The number of aromatic nitrogens is 3. The highest BCUT2D eigenvalue weighted by molar-refractivity contribution is 7.26. The molecule has 3 nitrogen and oxygen atoms in total. The number of fused-ring (bicyclic) bond motifs is 8. The van der Waals surface area contributed by atoms with E-state index in [1.165, 1.54) is 57.0 Å². The maximum Gasteiger partial charge on any atom is 0.161 e. The van der Waals surface area contributed by atoms with Gasteiger partial charge in [-0.1, -0.05) is 127 Å². The second kappa shape index (κ2) is 14.9. The molecule has 64 heavy (non-hydrogen) atoms. The van der Waals surface area contributed by atoms with Crippen LogP contribution in [-0.2, 0) is 0 Å². The maximum atomic E-state index is 5.62. The zero-order chi connectivity index (χ0) is 42.1. The Morgan fingerprint density at radius 2 is 0.703 bits per heavy atom. The second-order valence-corrected chi connectivity index (χ2v) is 18.5. The van der Waals surface area contributed by atoms with E-state index in [2.05, 4.69) is 205 Å². The van der Waals surface area contributed by atoms with E-state index in [4.69, 9.17) is 9.97 Å². The van der Waals surface area contributed by atoms with Gasteiger partial charge in [0.2, 0.25) is 0 Å². The van der Waals surface area contributed by atoms with Gasteiger partial charge in [-0.2, -0.15) is 0 Å². The van der Waals surface area contributed by atoms with E-state index in [0.717, 1.165) is 66.3 Å². The van der Waals surface area contributed by atoms with Gasteiger partial charge >= 0.3 is 0 Å². The van der Waals surface area contributed by atoms with E-state index >= 15 is 0 Å². The van der Waals surface area contributed by atoms with Gasteiger partial charge in [0.1, 0.15) is 0 Å². The normalized spacial score (nSPS) is 11.8. The van der Waals surface area contributed by atoms with Crippen molar-refractivity contribution in [3.63, 3.8) is 0 Å². The largest absolute Gasteiger partial charge is 0.265 e. The number of nitrogens with zero attached hydrogens (tertiary/aromatic N) is 3. The summed E-state index contributed by atoms with van der Waals surface area (Å²) in [5, 5.41) is 9.64. The Morgan fingerprint density at radius 3 is 1.25 bits per heavy atom.